The maximum absolute atomic E-state index is 2.51. The lowest BCUT2D eigenvalue weighted by Crippen LogP contribution is -2.34. The van der Waals surface area contributed by atoms with Crippen LogP contribution in [0.15, 0.2) is 91.0 Å². The second-order valence-corrected chi connectivity index (χ2v) is 7.64. The third-order valence-electron chi connectivity index (χ3n) is 6.11. The number of benzene rings is 4. The summed E-state index contributed by atoms with van der Waals surface area (Å²) in [5.41, 5.74) is 9.49. The van der Waals surface area contributed by atoms with Gasteiger partial charge in [-0.1, -0.05) is 78.9 Å². The number of hydrogen-bond donors (Lipinski definition) is 0. The van der Waals surface area contributed by atoms with Gasteiger partial charge >= 0.3 is 0 Å². The van der Waals surface area contributed by atoms with Gasteiger partial charge in [0.1, 0.15) is 0 Å². The predicted molar refractivity (Wildman–Crippen MR) is 116 cm³/mol. The van der Waals surface area contributed by atoms with Gasteiger partial charge in [-0.05, 0) is 29.3 Å². The van der Waals surface area contributed by atoms with Gasteiger partial charge in [0.15, 0.2) is 6.54 Å². The van der Waals surface area contributed by atoms with E-state index in [9.17, 15) is 0 Å². The second kappa shape index (κ2) is 5.77. The molecular formula is C27H20N+. The minimum atomic E-state index is 0.936. The Morgan fingerprint density at radius 2 is 1.36 bits per heavy atom. The van der Waals surface area contributed by atoms with Crippen LogP contribution in [0.1, 0.15) is 11.1 Å². The Morgan fingerprint density at radius 1 is 0.643 bits per heavy atom. The average Bonchev–Trinajstić information content (AvgIpc) is 3.15. The molecule has 5 aromatic rings. The van der Waals surface area contributed by atoms with Crippen molar-refractivity contribution in [1.82, 2.24) is 0 Å². The summed E-state index contributed by atoms with van der Waals surface area (Å²) in [6, 6.07) is 33.0. The van der Waals surface area contributed by atoms with E-state index < -0.39 is 0 Å². The van der Waals surface area contributed by atoms with Gasteiger partial charge in [0, 0.05) is 22.8 Å². The quantitative estimate of drug-likeness (QED) is 0.304. The normalized spacial score (nSPS) is 12.3. The van der Waals surface area contributed by atoms with Gasteiger partial charge in [0.25, 0.3) is 0 Å². The van der Waals surface area contributed by atoms with Crippen LogP contribution >= 0.6 is 0 Å². The van der Waals surface area contributed by atoms with Gasteiger partial charge in [-0.3, -0.25) is 0 Å². The standard InChI is InChI=1S/C27H20N/c1-18-25(20-10-3-2-4-11-20)23-13-7-8-14-24(23)28-17-21-16-15-19-9-5-6-12-22(19)26(21)27(18)28/h2-16H,17H2,1H3/q+1. The van der Waals surface area contributed by atoms with E-state index in [4.69, 9.17) is 0 Å². The lowest BCUT2D eigenvalue weighted by atomic mass is 9.91. The minimum absolute atomic E-state index is 0.936. The minimum Gasteiger partial charge on any atom is -0.187 e. The molecule has 28 heavy (non-hydrogen) atoms. The van der Waals surface area contributed by atoms with Crippen molar-refractivity contribution in [3.63, 3.8) is 0 Å². The Hall–Kier alpha value is -3.45. The van der Waals surface area contributed by atoms with Crippen molar-refractivity contribution in [3.05, 3.63) is 102 Å². The summed E-state index contributed by atoms with van der Waals surface area (Å²) in [7, 11) is 0. The van der Waals surface area contributed by atoms with Crippen LogP contribution in [0.25, 0.3) is 44.1 Å². The van der Waals surface area contributed by atoms with Gasteiger partial charge in [-0.25, -0.2) is 0 Å². The summed E-state index contributed by atoms with van der Waals surface area (Å²) in [6.45, 7) is 3.23. The van der Waals surface area contributed by atoms with Crippen LogP contribution in [-0.4, -0.2) is 0 Å². The predicted octanol–water partition coefficient (Wildman–Crippen LogP) is 6.28. The van der Waals surface area contributed by atoms with Crippen molar-refractivity contribution < 1.29 is 4.57 Å². The molecule has 0 radical (unpaired) electrons. The van der Waals surface area contributed by atoms with E-state index >= 15 is 0 Å². The third kappa shape index (κ3) is 2.05. The highest BCUT2D eigenvalue weighted by Crippen LogP contribution is 2.41. The zero-order valence-corrected chi connectivity index (χ0v) is 15.8. The van der Waals surface area contributed by atoms with Gasteiger partial charge in [-0.15, -0.1) is 0 Å². The maximum Gasteiger partial charge on any atom is 0.218 e. The van der Waals surface area contributed by atoms with Crippen LogP contribution in [0.5, 0.6) is 0 Å². The number of fused-ring (bicyclic) bond motifs is 7. The summed E-state index contributed by atoms with van der Waals surface area (Å²) >= 11 is 0. The topological polar surface area (TPSA) is 3.88 Å². The molecule has 0 saturated carbocycles. The number of nitrogens with zero attached hydrogens (tertiary/aromatic N) is 1. The van der Waals surface area contributed by atoms with Crippen molar-refractivity contribution in [1.29, 1.82) is 0 Å². The van der Waals surface area contributed by atoms with Crippen molar-refractivity contribution in [2.75, 3.05) is 0 Å². The SMILES string of the molecule is Cc1c(-c2ccccc2)c2ccccc2[n+]2c1-c1c(ccc3ccccc13)C2. The highest BCUT2D eigenvalue weighted by molar-refractivity contribution is 6.02. The molecule has 0 N–H and O–H groups in total. The van der Waals surface area contributed by atoms with E-state index in [0.717, 1.165) is 6.54 Å². The van der Waals surface area contributed by atoms with E-state index in [-0.39, 0.29) is 0 Å². The first kappa shape index (κ1) is 15.6. The summed E-state index contributed by atoms with van der Waals surface area (Å²) in [5, 5.41) is 3.99. The fourth-order valence-corrected chi connectivity index (χ4v) is 4.93. The van der Waals surface area contributed by atoms with Crippen LogP contribution in [0.4, 0.5) is 0 Å². The highest BCUT2D eigenvalue weighted by atomic mass is 15.0. The molecule has 0 fully saturated rings. The monoisotopic (exact) mass is 358 g/mol. The first-order chi connectivity index (χ1) is 13.8. The fourth-order valence-electron chi connectivity index (χ4n) is 4.93. The Morgan fingerprint density at radius 3 is 2.21 bits per heavy atom. The Bertz CT molecular complexity index is 1380. The van der Waals surface area contributed by atoms with E-state index in [2.05, 4.69) is 102 Å². The molecule has 1 aromatic heterocycles. The van der Waals surface area contributed by atoms with Crippen LogP contribution in [0.3, 0.4) is 0 Å². The first-order valence-corrected chi connectivity index (χ1v) is 9.84. The number of pyridine rings is 1. The molecule has 1 heteroatoms. The molecule has 1 aliphatic rings. The molecule has 0 atom stereocenters. The Labute approximate surface area is 164 Å². The number of rotatable bonds is 1. The molecule has 0 aliphatic carbocycles. The van der Waals surface area contributed by atoms with E-state index in [1.54, 1.807) is 0 Å². The van der Waals surface area contributed by atoms with Gasteiger partial charge in [0.05, 0.1) is 10.9 Å². The molecule has 6 rings (SSSR count). The second-order valence-electron chi connectivity index (χ2n) is 7.64. The molecule has 0 saturated heterocycles. The Balaban J connectivity index is 1.81. The fraction of sp³-hybridized carbons (Fsp3) is 0.0741. The van der Waals surface area contributed by atoms with Crippen LogP contribution in [-0.2, 0) is 6.54 Å². The van der Waals surface area contributed by atoms with Crippen molar-refractivity contribution >= 4 is 21.7 Å². The number of para-hydroxylation sites is 1. The summed E-state index contributed by atoms with van der Waals surface area (Å²) in [5.74, 6) is 0. The first-order valence-electron chi connectivity index (χ1n) is 9.84. The molecule has 2 heterocycles. The zero-order chi connectivity index (χ0) is 18.7. The van der Waals surface area contributed by atoms with E-state index in [0.29, 0.717) is 0 Å². The lowest BCUT2D eigenvalue weighted by Gasteiger charge is -2.12. The van der Waals surface area contributed by atoms with Gasteiger partial charge in [0.2, 0.25) is 11.2 Å². The Kier molecular flexibility index (Phi) is 3.21. The van der Waals surface area contributed by atoms with Crippen molar-refractivity contribution in [2.45, 2.75) is 13.5 Å². The molecule has 0 amide bonds. The van der Waals surface area contributed by atoms with Crippen LogP contribution in [0.2, 0.25) is 0 Å². The molecule has 1 aliphatic heterocycles. The summed E-state index contributed by atoms with van der Waals surface area (Å²) in [6.07, 6.45) is 0. The van der Waals surface area contributed by atoms with E-state index in [1.807, 2.05) is 0 Å². The smallest absolute Gasteiger partial charge is 0.187 e. The van der Waals surface area contributed by atoms with Gasteiger partial charge < -0.3 is 0 Å². The molecular weight excluding hydrogens is 338 g/mol. The maximum atomic E-state index is 2.51. The largest absolute Gasteiger partial charge is 0.218 e. The molecule has 0 unspecified atom stereocenters. The van der Waals surface area contributed by atoms with Crippen LogP contribution in [0, 0.1) is 6.92 Å². The number of hydrogen-bond acceptors (Lipinski definition) is 0. The van der Waals surface area contributed by atoms with E-state index in [1.165, 1.54) is 55.2 Å². The number of aromatic nitrogens is 1. The molecule has 1 nitrogen and oxygen atoms in total. The zero-order valence-electron chi connectivity index (χ0n) is 15.8. The van der Waals surface area contributed by atoms with Crippen LogP contribution < -0.4 is 4.57 Å². The highest BCUT2D eigenvalue weighted by Gasteiger charge is 2.34. The average molecular weight is 358 g/mol. The molecule has 132 valence electrons. The summed E-state index contributed by atoms with van der Waals surface area (Å²) < 4.78 is 2.51. The molecule has 0 spiro atoms. The van der Waals surface area contributed by atoms with Crippen molar-refractivity contribution in [2.24, 2.45) is 0 Å². The lowest BCUT2D eigenvalue weighted by molar-refractivity contribution is -0.645. The van der Waals surface area contributed by atoms with Crippen molar-refractivity contribution in [3.8, 4) is 22.4 Å². The summed E-state index contributed by atoms with van der Waals surface area (Å²) in [4.78, 5) is 0. The van der Waals surface area contributed by atoms with Gasteiger partial charge in [-0.2, -0.15) is 4.57 Å². The third-order valence-corrected chi connectivity index (χ3v) is 6.11. The molecule has 4 aromatic carbocycles. The molecule has 0 bridgehead atoms.